The Kier molecular flexibility index (Phi) is 2.99. The second kappa shape index (κ2) is 4.28. The first kappa shape index (κ1) is 11.2. The predicted octanol–water partition coefficient (Wildman–Crippen LogP) is 2.52. The van der Waals surface area contributed by atoms with E-state index < -0.39 is 6.17 Å². The van der Waals surface area contributed by atoms with Crippen molar-refractivity contribution in [1.29, 1.82) is 0 Å². The van der Waals surface area contributed by atoms with Gasteiger partial charge < -0.3 is 9.73 Å². The monoisotopic (exact) mass is 225 g/mol. The Bertz CT molecular complexity index is 380. The highest BCUT2D eigenvalue weighted by molar-refractivity contribution is 5.92. The van der Waals surface area contributed by atoms with Crippen molar-refractivity contribution in [1.82, 2.24) is 5.32 Å². The average Bonchev–Trinajstić information content (AvgIpc) is 2.75. The van der Waals surface area contributed by atoms with E-state index in [2.05, 4.69) is 5.32 Å². The Labute approximate surface area is 94.0 Å². The normalized spacial score (nSPS) is 24.7. The van der Waals surface area contributed by atoms with Gasteiger partial charge in [-0.1, -0.05) is 0 Å². The molecule has 0 spiro atoms. The lowest BCUT2D eigenvalue weighted by Gasteiger charge is -2.09. The Morgan fingerprint density at radius 3 is 2.75 bits per heavy atom. The smallest absolute Gasteiger partial charge is 0.287 e. The van der Waals surface area contributed by atoms with Crippen molar-refractivity contribution in [2.45, 2.75) is 45.3 Å². The molecule has 1 N–H and O–H groups in total. The summed E-state index contributed by atoms with van der Waals surface area (Å²) in [4.78, 5) is 11.7. The third-order valence-electron chi connectivity index (χ3n) is 3.09. The van der Waals surface area contributed by atoms with Crippen LogP contribution >= 0.6 is 0 Å². The Morgan fingerprint density at radius 2 is 2.25 bits per heavy atom. The molecular formula is C12H16FNO2. The molecule has 1 aliphatic carbocycles. The van der Waals surface area contributed by atoms with Crippen molar-refractivity contribution in [3.05, 3.63) is 23.2 Å². The molecule has 0 aliphatic heterocycles. The molecule has 3 nitrogen and oxygen atoms in total. The Morgan fingerprint density at radius 1 is 1.50 bits per heavy atom. The number of rotatable bonds is 2. The number of hydrogen-bond acceptors (Lipinski definition) is 2. The van der Waals surface area contributed by atoms with E-state index in [0.29, 0.717) is 25.0 Å². The summed E-state index contributed by atoms with van der Waals surface area (Å²) in [6.07, 6.45) is 0.905. The van der Waals surface area contributed by atoms with Crippen molar-refractivity contribution in [2.75, 3.05) is 0 Å². The van der Waals surface area contributed by atoms with Crippen LogP contribution < -0.4 is 5.32 Å². The summed E-state index contributed by atoms with van der Waals surface area (Å²) in [5.41, 5.74) is 0.958. The van der Waals surface area contributed by atoms with Gasteiger partial charge in [0.05, 0.1) is 0 Å². The third kappa shape index (κ3) is 2.26. The van der Waals surface area contributed by atoms with Gasteiger partial charge in [0.2, 0.25) is 0 Å². The van der Waals surface area contributed by atoms with Crippen LogP contribution in [0.2, 0.25) is 0 Å². The predicted molar refractivity (Wildman–Crippen MR) is 58.2 cm³/mol. The van der Waals surface area contributed by atoms with Gasteiger partial charge in [-0.25, -0.2) is 4.39 Å². The first-order chi connectivity index (χ1) is 7.56. The highest BCUT2D eigenvalue weighted by atomic mass is 19.1. The number of furan rings is 1. The molecule has 16 heavy (non-hydrogen) atoms. The molecular weight excluding hydrogens is 209 g/mol. The van der Waals surface area contributed by atoms with Crippen LogP contribution in [0.1, 0.15) is 41.1 Å². The molecule has 0 saturated heterocycles. The van der Waals surface area contributed by atoms with E-state index in [1.165, 1.54) is 0 Å². The fourth-order valence-electron chi connectivity index (χ4n) is 2.00. The minimum atomic E-state index is -0.773. The van der Waals surface area contributed by atoms with Gasteiger partial charge in [-0.05, 0) is 44.7 Å². The number of amides is 1. The van der Waals surface area contributed by atoms with Crippen molar-refractivity contribution in [3.63, 3.8) is 0 Å². The average molecular weight is 225 g/mol. The van der Waals surface area contributed by atoms with E-state index in [9.17, 15) is 9.18 Å². The second-order valence-corrected chi connectivity index (χ2v) is 4.43. The van der Waals surface area contributed by atoms with Crippen molar-refractivity contribution in [3.8, 4) is 0 Å². The zero-order valence-electron chi connectivity index (χ0n) is 9.55. The molecule has 1 amide bonds. The lowest BCUT2D eigenvalue weighted by Crippen LogP contribution is -2.32. The van der Waals surface area contributed by atoms with Crippen molar-refractivity contribution >= 4 is 5.91 Å². The molecule has 1 aliphatic rings. The summed E-state index contributed by atoms with van der Waals surface area (Å²) in [5, 5.41) is 2.79. The lowest BCUT2D eigenvalue weighted by molar-refractivity contribution is 0.0907. The van der Waals surface area contributed by atoms with Crippen LogP contribution in [0.15, 0.2) is 10.5 Å². The van der Waals surface area contributed by atoms with Crippen LogP contribution in [0.25, 0.3) is 0 Å². The van der Waals surface area contributed by atoms with E-state index in [1.807, 2.05) is 13.8 Å². The molecule has 88 valence electrons. The molecule has 0 aromatic carbocycles. The van der Waals surface area contributed by atoms with Gasteiger partial charge in [0, 0.05) is 6.04 Å². The van der Waals surface area contributed by atoms with Crippen LogP contribution in [0.5, 0.6) is 0 Å². The zero-order valence-corrected chi connectivity index (χ0v) is 9.55. The van der Waals surface area contributed by atoms with Gasteiger partial charge in [0.25, 0.3) is 5.91 Å². The number of alkyl halides is 1. The van der Waals surface area contributed by atoms with Crippen LogP contribution in [0, 0.1) is 13.8 Å². The Balaban J connectivity index is 1.98. The fraction of sp³-hybridized carbons (Fsp3) is 0.583. The first-order valence-corrected chi connectivity index (χ1v) is 5.58. The summed E-state index contributed by atoms with van der Waals surface area (Å²) in [5.74, 6) is 0.826. The van der Waals surface area contributed by atoms with Gasteiger partial charge in [-0.15, -0.1) is 0 Å². The molecule has 1 fully saturated rings. The maximum absolute atomic E-state index is 12.9. The summed E-state index contributed by atoms with van der Waals surface area (Å²) >= 11 is 0. The van der Waals surface area contributed by atoms with E-state index in [4.69, 9.17) is 4.42 Å². The molecule has 2 atom stereocenters. The van der Waals surface area contributed by atoms with Gasteiger partial charge in [0.1, 0.15) is 11.9 Å². The topological polar surface area (TPSA) is 42.2 Å². The number of carbonyl (C=O) groups excluding carboxylic acids is 1. The molecule has 4 heteroatoms. The number of nitrogens with one attached hydrogen (secondary N) is 1. The SMILES string of the molecule is Cc1cc(C(=O)N[C@H]2CC[C@@H](F)C2)oc1C. The van der Waals surface area contributed by atoms with Crippen LogP contribution in [0.4, 0.5) is 4.39 Å². The number of hydrogen-bond donors (Lipinski definition) is 1. The molecule has 0 bridgehead atoms. The molecule has 0 unspecified atom stereocenters. The number of halogens is 1. The molecule has 1 aromatic heterocycles. The standard InChI is InChI=1S/C12H16FNO2/c1-7-5-11(16-8(7)2)12(15)14-10-4-3-9(13)6-10/h5,9-10H,3-4,6H2,1-2H3,(H,14,15)/t9-,10+/m1/s1. The van der Waals surface area contributed by atoms with E-state index >= 15 is 0 Å². The minimum Gasteiger partial charge on any atom is -0.456 e. The van der Waals surface area contributed by atoms with Crippen LogP contribution in [0.3, 0.4) is 0 Å². The largest absolute Gasteiger partial charge is 0.456 e. The summed E-state index contributed by atoms with van der Waals surface area (Å²) in [7, 11) is 0. The van der Waals surface area contributed by atoms with Gasteiger partial charge in [-0.2, -0.15) is 0 Å². The lowest BCUT2D eigenvalue weighted by atomic mass is 10.2. The molecule has 1 heterocycles. The van der Waals surface area contributed by atoms with E-state index in [1.54, 1.807) is 6.07 Å². The summed E-state index contributed by atoms with van der Waals surface area (Å²) < 4.78 is 18.2. The minimum absolute atomic E-state index is 0.0480. The maximum atomic E-state index is 12.9. The van der Waals surface area contributed by atoms with E-state index in [0.717, 1.165) is 11.3 Å². The number of carbonyl (C=O) groups is 1. The maximum Gasteiger partial charge on any atom is 0.287 e. The van der Waals surface area contributed by atoms with Gasteiger partial charge in [0.15, 0.2) is 5.76 Å². The van der Waals surface area contributed by atoms with Crippen LogP contribution in [-0.2, 0) is 0 Å². The van der Waals surface area contributed by atoms with Crippen molar-refractivity contribution < 1.29 is 13.6 Å². The van der Waals surface area contributed by atoms with Gasteiger partial charge in [-0.3, -0.25) is 4.79 Å². The number of aryl methyl sites for hydroxylation is 2. The van der Waals surface area contributed by atoms with Crippen molar-refractivity contribution in [2.24, 2.45) is 0 Å². The molecule has 1 aromatic rings. The first-order valence-electron chi connectivity index (χ1n) is 5.58. The van der Waals surface area contributed by atoms with E-state index in [-0.39, 0.29) is 11.9 Å². The zero-order chi connectivity index (χ0) is 11.7. The summed E-state index contributed by atoms with van der Waals surface area (Å²) in [6, 6.07) is 1.67. The highest BCUT2D eigenvalue weighted by Gasteiger charge is 2.26. The molecule has 1 saturated carbocycles. The quantitative estimate of drug-likeness (QED) is 0.840. The molecule has 0 radical (unpaired) electrons. The summed E-state index contributed by atoms with van der Waals surface area (Å²) in [6.45, 7) is 3.71. The Hall–Kier alpha value is -1.32. The third-order valence-corrected chi connectivity index (χ3v) is 3.09. The van der Waals surface area contributed by atoms with Crippen LogP contribution in [-0.4, -0.2) is 18.1 Å². The molecule has 2 rings (SSSR count). The second-order valence-electron chi connectivity index (χ2n) is 4.43. The highest BCUT2D eigenvalue weighted by Crippen LogP contribution is 2.22. The van der Waals surface area contributed by atoms with Gasteiger partial charge >= 0.3 is 0 Å². The fourth-order valence-corrected chi connectivity index (χ4v) is 2.00.